The summed E-state index contributed by atoms with van der Waals surface area (Å²) in [5.74, 6) is 2.05. The van der Waals surface area contributed by atoms with Crippen molar-refractivity contribution in [3.63, 3.8) is 0 Å². The van der Waals surface area contributed by atoms with Crippen LogP contribution in [0.15, 0.2) is 17.0 Å². The first-order chi connectivity index (χ1) is 8.65. The molecule has 0 saturated heterocycles. The van der Waals surface area contributed by atoms with E-state index < -0.39 is 8.32 Å². The van der Waals surface area contributed by atoms with Crippen LogP contribution in [0.3, 0.4) is 0 Å². The smallest absolute Gasteiger partial charge is 0.242 e. The molecule has 0 aliphatic carbocycles. The molecular weight excluding hydrogens is 288 g/mol. The van der Waals surface area contributed by atoms with Crippen molar-refractivity contribution in [2.75, 3.05) is 0 Å². The van der Waals surface area contributed by atoms with Gasteiger partial charge < -0.3 is 4.43 Å². The summed E-state index contributed by atoms with van der Waals surface area (Å²) in [4.78, 5) is 1.21. The quantitative estimate of drug-likeness (QED) is 0.400. The standard InChI is InChI=1S/C15H26OS2Si/c1-10(2)13-8-12(18-17)9-14(11(3)4)15(13)16-19(5,6)7/h8-11,17H,1-7H3. The lowest BCUT2D eigenvalue weighted by Gasteiger charge is -2.27. The molecule has 0 spiro atoms. The molecule has 0 atom stereocenters. The number of hydrogen-bond acceptors (Lipinski definition) is 3. The zero-order valence-corrected chi connectivity index (χ0v) is 15.8. The van der Waals surface area contributed by atoms with Crippen LogP contribution in [0.25, 0.3) is 0 Å². The van der Waals surface area contributed by atoms with E-state index in [1.54, 1.807) is 0 Å². The average molecular weight is 315 g/mol. The monoisotopic (exact) mass is 314 g/mol. The largest absolute Gasteiger partial charge is 0.544 e. The van der Waals surface area contributed by atoms with E-state index in [2.05, 4.69) is 71.1 Å². The highest BCUT2D eigenvalue weighted by Gasteiger charge is 2.23. The summed E-state index contributed by atoms with van der Waals surface area (Å²) < 4.78 is 6.39. The van der Waals surface area contributed by atoms with Gasteiger partial charge in [0.1, 0.15) is 5.75 Å². The van der Waals surface area contributed by atoms with Crippen molar-refractivity contribution in [3.8, 4) is 5.75 Å². The average Bonchev–Trinajstić information content (AvgIpc) is 2.26. The molecule has 0 amide bonds. The summed E-state index contributed by atoms with van der Waals surface area (Å²) in [6.07, 6.45) is 0. The fraction of sp³-hybridized carbons (Fsp3) is 0.600. The Labute approximate surface area is 128 Å². The summed E-state index contributed by atoms with van der Waals surface area (Å²) in [6.45, 7) is 15.6. The Morgan fingerprint density at radius 2 is 1.42 bits per heavy atom. The lowest BCUT2D eigenvalue weighted by atomic mass is 9.94. The predicted molar refractivity (Wildman–Crippen MR) is 93.4 cm³/mol. The molecule has 0 bridgehead atoms. The first-order valence-electron chi connectivity index (χ1n) is 6.84. The van der Waals surface area contributed by atoms with Gasteiger partial charge in [0.05, 0.1) is 0 Å². The van der Waals surface area contributed by atoms with Crippen molar-refractivity contribution < 1.29 is 4.43 Å². The number of rotatable bonds is 5. The Hall–Kier alpha value is -0.0631. The molecule has 1 aromatic carbocycles. The van der Waals surface area contributed by atoms with Gasteiger partial charge in [-0.25, -0.2) is 0 Å². The molecule has 0 saturated carbocycles. The fourth-order valence-corrected chi connectivity index (χ4v) is 3.50. The minimum Gasteiger partial charge on any atom is -0.544 e. The molecule has 0 fully saturated rings. The van der Waals surface area contributed by atoms with E-state index in [0.29, 0.717) is 11.8 Å². The van der Waals surface area contributed by atoms with Gasteiger partial charge in [-0.2, -0.15) is 0 Å². The number of hydrogen-bond donors (Lipinski definition) is 1. The van der Waals surface area contributed by atoms with Crippen LogP contribution in [0.4, 0.5) is 0 Å². The summed E-state index contributed by atoms with van der Waals surface area (Å²) in [5.41, 5.74) is 2.62. The molecule has 1 nitrogen and oxygen atoms in total. The summed E-state index contributed by atoms with van der Waals surface area (Å²) in [6, 6.07) is 4.45. The van der Waals surface area contributed by atoms with Crippen LogP contribution < -0.4 is 4.43 Å². The molecule has 4 heteroatoms. The third kappa shape index (κ3) is 4.76. The van der Waals surface area contributed by atoms with E-state index in [1.165, 1.54) is 26.8 Å². The second-order valence-electron chi connectivity index (χ2n) is 6.55. The van der Waals surface area contributed by atoms with Gasteiger partial charge in [-0.3, -0.25) is 0 Å². The van der Waals surface area contributed by atoms with E-state index in [1.807, 2.05) is 0 Å². The van der Waals surface area contributed by atoms with Crippen LogP contribution >= 0.6 is 22.5 Å². The van der Waals surface area contributed by atoms with Crippen molar-refractivity contribution in [1.82, 2.24) is 0 Å². The molecule has 0 radical (unpaired) electrons. The van der Waals surface area contributed by atoms with E-state index in [0.717, 1.165) is 5.75 Å². The van der Waals surface area contributed by atoms with Crippen molar-refractivity contribution >= 4 is 30.8 Å². The second-order valence-corrected chi connectivity index (χ2v) is 12.2. The topological polar surface area (TPSA) is 9.23 Å². The number of benzene rings is 1. The van der Waals surface area contributed by atoms with Gasteiger partial charge in [-0.1, -0.05) is 38.5 Å². The minimum atomic E-state index is -1.61. The normalized spacial score (nSPS) is 12.3. The molecule has 0 aromatic heterocycles. The molecule has 19 heavy (non-hydrogen) atoms. The highest BCUT2D eigenvalue weighted by molar-refractivity contribution is 8.68. The van der Waals surface area contributed by atoms with Crippen LogP contribution in [-0.4, -0.2) is 8.32 Å². The second kappa shape index (κ2) is 6.59. The van der Waals surface area contributed by atoms with Crippen LogP contribution in [0.2, 0.25) is 19.6 Å². The third-order valence-corrected chi connectivity index (χ3v) is 4.77. The lowest BCUT2D eigenvalue weighted by molar-refractivity contribution is 0.530. The van der Waals surface area contributed by atoms with Gasteiger partial charge in [0, 0.05) is 4.90 Å². The minimum absolute atomic E-state index is 0.462. The SMILES string of the molecule is CC(C)c1cc(SS)cc(C(C)C)c1O[Si](C)(C)C. The lowest BCUT2D eigenvalue weighted by Crippen LogP contribution is -2.30. The zero-order chi connectivity index (χ0) is 14.8. The van der Waals surface area contributed by atoms with Gasteiger partial charge >= 0.3 is 0 Å². The van der Waals surface area contributed by atoms with Crippen molar-refractivity contribution in [3.05, 3.63) is 23.3 Å². The van der Waals surface area contributed by atoms with E-state index >= 15 is 0 Å². The summed E-state index contributed by atoms with van der Waals surface area (Å²) in [7, 11) is -0.0972. The Balaban J connectivity index is 3.45. The zero-order valence-electron chi connectivity index (χ0n) is 13.1. The maximum Gasteiger partial charge on any atom is 0.242 e. The first-order valence-corrected chi connectivity index (χ1v) is 12.1. The molecular formula is C15H26OS2Si. The van der Waals surface area contributed by atoms with Crippen LogP contribution in [0.1, 0.15) is 50.7 Å². The number of thiol groups is 1. The molecule has 0 heterocycles. The first kappa shape index (κ1) is 17.0. The van der Waals surface area contributed by atoms with Gasteiger partial charge in [-0.05, 0) is 54.7 Å². The summed E-state index contributed by atoms with van der Waals surface area (Å²) in [5, 5.41) is 0. The van der Waals surface area contributed by atoms with Crippen LogP contribution in [0.5, 0.6) is 5.75 Å². The molecule has 1 aromatic rings. The molecule has 108 valence electrons. The van der Waals surface area contributed by atoms with Crippen molar-refractivity contribution in [2.45, 2.75) is 64.1 Å². The van der Waals surface area contributed by atoms with Crippen molar-refractivity contribution in [2.24, 2.45) is 0 Å². The van der Waals surface area contributed by atoms with Gasteiger partial charge in [-0.15, -0.1) is 11.7 Å². The maximum absolute atomic E-state index is 6.39. The Kier molecular flexibility index (Phi) is 5.90. The Bertz CT molecular complexity index is 407. The fourth-order valence-electron chi connectivity index (χ4n) is 1.98. The molecule has 0 aliphatic rings. The van der Waals surface area contributed by atoms with Gasteiger partial charge in [0.25, 0.3) is 0 Å². The van der Waals surface area contributed by atoms with Crippen LogP contribution in [0, 0.1) is 0 Å². The van der Waals surface area contributed by atoms with E-state index in [9.17, 15) is 0 Å². The van der Waals surface area contributed by atoms with E-state index in [4.69, 9.17) is 4.43 Å². The summed E-state index contributed by atoms with van der Waals surface area (Å²) >= 11 is 4.35. The molecule has 0 N–H and O–H groups in total. The maximum atomic E-state index is 6.39. The Morgan fingerprint density at radius 1 is 1.00 bits per heavy atom. The highest BCUT2D eigenvalue weighted by Crippen LogP contribution is 2.40. The molecule has 1 rings (SSSR count). The molecule has 0 unspecified atom stereocenters. The van der Waals surface area contributed by atoms with Crippen LogP contribution in [-0.2, 0) is 0 Å². The predicted octanol–water partition coefficient (Wildman–Crippen LogP) is 6.08. The van der Waals surface area contributed by atoms with Gasteiger partial charge in [0.2, 0.25) is 8.32 Å². The Morgan fingerprint density at radius 3 is 1.68 bits per heavy atom. The molecule has 0 aliphatic heterocycles. The third-order valence-electron chi connectivity index (χ3n) is 2.88. The van der Waals surface area contributed by atoms with E-state index in [-0.39, 0.29) is 0 Å². The van der Waals surface area contributed by atoms with Gasteiger partial charge in [0.15, 0.2) is 0 Å². The highest BCUT2D eigenvalue weighted by atomic mass is 33.1. The van der Waals surface area contributed by atoms with Crippen molar-refractivity contribution in [1.29, 1.82) is 0 Å².